The molecular formula is C15H17BrN2OS. The fraction of sp³-hybridized carbons (Fsp3) is 0.267. The Kier molecular flexibility index (Phi) is 5.76. The summed E-state index contributed by atoms with van der Waals surface area (Å²) in [6.45, 7) is 3.73. The molecule has 3 nitrogen and oxygen atoms in total. The Balaban J connectivity index is 2.00. The van der Waals surface area contributed by atoms with Crippen LogP contribution in [-0.2, 0) is 17.8 Å². The van der Waals surface area contributed by atoms with E-state index in [0.29, 0.717) is 6.42 Å². The first-order valence-corrected chi connectivity index (χ1v) is 8.12. The van der Waals surface area contributed by atoms with Crippen molar-refractivity contribution in [2.75, 3.05) is 11.9 Å². The second-order valence-electron chi connectivity index (χ2n) is 4.37. The minimum absolute atomic E-state index is 0.0169. The van der Waals surface area contributed by atoms with Gasteiger partial charge in [0.05, 0.1) is 10.2 Å². The van der Waals surface area contributed by atoms with Crippen molar-refractivity contribution in [2.24, 2.45) is 0 Å². The van der Waals surface area contributed by atoms with Crippen molar-refractivity contribution >= 4 is 38.9 Å². The number of rotatable bonds is 6. The van der Waals surface area contributed by atoms with Gasteiger partial charge in [-0.25, -0.2) is 0 Å². The number of carbonyl (C=O) groups excluding carboxylic acids is 1. The van der Waals surface area contributed by atoms with E-state index < -0.39 is 0 Å². The number of thiophene rings is 1. The van der Waals surface area contributed by atoms with Gasteiger partial charge in [-0.3, -0.25) is 4.79 Å². The van der Waals surface area contributed by atoms with E-state index in [1.165, 1.54) is 0 Å². The second kappa shape index (κ2) is 7.57. The van der Waals surface area contributed by atoms with Crippen molar-refractivity contribution in [2.45, 2.75) is 19.9 Å². The highest BCUT2D eigenvalue weighted by Crippen LogP contribution is 2.23. The third-order valence-corrected chi connectivity index (χ3v) is 4.44. The van der Waals surface area contributed by atoms with Crippen LogP contribution in [-0.4, -0.2) is 12.5 Å². The van der Waals surface area contributed by atoms with E-state index >= 15 is 0 Å². The molecule has 0 atom stereocenters. The Morgan fingerprint density at radius 1 is 1.25 bits per heavy atom. The largest absolute Gasteiger partial charge is 0.325 e. The van der Waals surface area contributed by atoms with Crippen molar-refractivity contribution < 1.29 is 4.79 Å². The zero-order valence-corrected chi connectivity index (χ0v) is 13.7. The standard InChI is InChI=1S/C15H17BrN2OS/c1-2-17-10-11-5-3-4-6-13(11)18-15(19)9-12-7-8-14(16)20-12/h3-8,17H,2,9-10H2,1H3,(H,18,19). The number of para-hydroxylation sites is 1. The Morgan fingerprint density at radius 3 is 2.75 bits per heavy atom. The predicted molar refractivity (Wildman–Crippen MR) is 88.2 cm³/mol. The summed E-state index contributed by atoms with van der Waals surface area (Å²) in [5.74, 6) is 0.0169. The molecule has 106 valence electrons. The second-order valence-corrected chi connectivity index (χ2v) is 6.92. The van der Waals surface area contributed by atoms with Crippen LogP contribution in [0.3, 0.4) is 0 Å². The van der Waals surface area contributed by atoms with Crippen LogP contribution in [0.2, 0.25) is 0 Å². The maximum atomic E-state index is 12.1. The summed E-state index contributed by atoms with van der Waals surface area (Å²) in [6.07, 6.45) is 0.409. The number of nitrogens with one attached hydrogen (secondary N) is 2. The lowest BCUT2D eigenvalue weighted by molar-refractivity contribution is -0.115. The normalized spacial score (nSPS) is 10.5. The van der Waals surface area contributed by atoms with Crippen molar-refractivity contribution in [1.82, 2.24) is 5.32 Å². The van der Waals surface area contributed by atoms with Crippen LogP contribution in [0.4, 0.5) is 5.69 Å². The van der Waals surface area contributed by atoms with E-state index in [4.69, 9.17) is 0 Å². The zero-order chi connectivity index (χ0) is 14.4. The topological polar surface area (TPSA) is 41.1 Å². The molecule has 1 aromatic carbocycles. The number of carbonyl (C=O) groups is 1. The fourth-order valence-corrected chi connectivity index (χ4v) is 3.34. The molecule has 2 N–H and O–H groups in total. The summed E-state index contributed by atoms with van der Waals surface area (Å²) < 4.78 is 1.05. The minimum Gasteiger partial charge on any atom is -0.325 e. The predicted octanol–water partition coefficient (Wildman–Crippen LogP) is 3.80. The molecule has 0 aliphatic rings. The van der Waals surface area contributed by atoms with Crippen LogP contribution in [0, 0.1) is 0 Å². The molecule has 0 spiro atoms. The molecule has 1 aromatic heterocycles. The van der Waals surface area contributed by atoms with Gasteiger partial charge in [-0.1, -0.05) is 25.1 Å². The Labute approximate surface area is 131 Å². The van der Waals surface area contributed by atoms with Gasteiger partial charge in [0.2, 0.25) is 5.91 Å². The highest BCUT2D eigenvalue weighted by Gasteiger charge is 2.08. The van der Waals surface area contributed by atoms with Gasteiger partial charge in [0.15, 0.2) is 0 Å². The number of halogens is 1. The van der Waals surface area contributed by atoms with E-state index in [1.807, 2.05) is 36.4 Å². The number of hydrogen-bond acceptors (Lipinski definition) is 3. The van der Waals surface area contributed by atoms with E-state index in [0.717, 1.165) is 33.0 Å². The Hall–Kier alpha value is -1.17. The molecule has 0 bridgehead atoms. The highest BCUT2D eigenvalue weighted by molar-refractivity contribution is 9.11. The molecule has 0 saturated carbocycles. The van der Waals surface area contributed by atoms with Gasteiger partial charge in [-0.05, 0) is 46.2 Å². The Morgan fingerprint density at radius 2 is 2.05 bits per heavy atom. The molecule has 0 aliphatic heterocycles. The third-order valence-electron chi connectivity index (χ3n) is 2.82. The van der Waals surface area contributed by atoms with Gasteiger partial charge in [0.25, 0.3) is 0 Å². The number of anilines is 1. The summed E-state index contributed by atoms with van der Waals surface area (Å²) in [7, 11) is 0. The Bertz CT molecular complexity index is 583. The van der Waals surface area contributed by atoms with E-state index in [-0.39, 0.29) is 5.91 Å². The smallest absolute Gasteiger partial charge is 0.229 e. The van der Waals surface area contributed by atoms with Crippen molar-refractivity contribution in [1.29, 1.82) is 0 Å². The van der Waals surface area contributed by atoms with E-state index in [2.05, 4.69) is 33.5 Å². The van der Waals surface area contributed by atoms with Gasteiger partial charge in [-0.2, -0.15) is 0 Å². The van der Waals surface area contributed by atoms with Crippen molar-refractivity contribution in [3.63, 3.8) is 0 Å². The molecule has 0 aliphatic carbocycles. The van der Waals surface area contributed by atoms with Crippen LogP contribution >= 0.6 is 27.3 Å². The molecular weight excluding hydrogens is 336 g/mol. The molecule has 0 saturated heterocycles. The lowest BCUT2D eigenvalue weighted by Gasteiger charge is -2.11. The molecule has 0 fully saturated rings. The van der Waals surface area contributed by atoms with Gasteiger partial charge >= 0.3 is 0 Å². The molecule has 0 radical (unpaired) electrons. The molecule has 5 heteroatoms. The van der Waals surface area contributed by atoms with Crippen LogP contribution in [0.25, 0.3) is 0 Å². The number of hydrogen-bond donors (Lipinski definition) is 2. The van der Waals surface area contributed by atoms with Gasteiger partial charge in [0, 0.05) is 17.1 Å². The van der Waals surface area contributed by atoms with Crippen LogP contribution in [0.5, 0.6) is 0 Å². The number of amides is 1. The summed E-state index contributed by atoms with van der Waals surface area (Å²) in [5.41, 5.74) is 1.99. The average molecular weight is 353 g/mol. The van der Waals surface area contributed by atoms with Crippen LogP contribution < -0.4 is 10.6 Å². The summed E-state index contributed by atoms with van der Waals surface area (Å²) in [5, 5.41) is 6.27. The summed E-state index contributed by atoms with van der Waals surface area (Å²) in [6, 6.07) is 11.8. The molecule has 1 amide bonds. The lowest BCUT2D eigenvalue weighted by atomic mass is 10.1. The summed E-state index contributed by atoms with van der Waals surface area (Å²) in [4.78, 5) is 13.1. The molecule has 0 unspecified atom stereocenters. The summed E-state index contributed by atoms with van der Waals surface area (Å²) >= 11 is 5.00. The maximum absolute atomic E-state index is 12.1. The van der Waals surface area contributed by atoms with Crippen LogP contribution in [0.15, 0.2) is 40.2 Å². The maximum Gasteiger partial charge on any atom is 0.229 e. The SMILES string of the molecule is CCNCc1ccccc1NC(=O)Cc1ccc(Br)s1. The van der Waals surface area contributed by atoms with Crippen molar-refractivity contribution in [3.05, 3.63) is 50.6 Å². The molecule has 20 heavy (non-hydrogen) atoms. The first-order valence-electron chi connectivity index (χ1n) is 6.51. The van der Waals surface area contributed by atoms with Gasteiger partial charge in [0.1, 0.15) is 0 Å². The van der Waals surface area contributed by atoms with Gasteiger partial charge < -0.3 is 10.6 Å². The molecule has 2 aromatic rings. The van der Waals surface area contributed by atoms with E-state index in [9.17, 15) is 4.79 Å². The fourth-order valence-electron chi connectivity index (χ4n) is 1.86. The third kappa shape index (κ3) is 4.44. The first kappa shape index (κ1) is 15.2. The molecule has 1 heterocycles. The number of benzene rings is 1. The van der Waals surface area contributed by atoms with Crippen molar-refractivity contribution in [3.8, 4) is 0 Å². The van der Waals surface area contributed by atoms with E-state index in [1.54, 1.807) is 11.3 Å². The monoisotopic (exact) mass is 352 g/mol. The quantitative estimate of drug-likeness (QED) is 0.829. The first-order chi connectivity index (χ1) is 9.69. The van der Waals surface area contributed by atoms with Gasteiger partial charge in [-0.15, -0.1) is 11.3 Å². The van der Waals surface area contributed by atoms with Crippen LogP contribution in [0.1, 0.15) is 17.4 Å². The average Bonchev–Trinajstić information content (AvgIpc) is 2.83. The molecule has 2 rings (SSSR count). The lowest BCUT2D eigenvalue weighted by Crippen LogP contribution is -2.18. The zero-order valence-electron chi connectivity index (χ0n) is 11.3. The highest BCUT2D eigenvalue weighted by atomic mass is 79.9. The minimum atomic E-state index is 0.0169.